The lowest BCUT2D eigenvalue weighted by atomic mass is 10.0. The van der Waals surface area contributed by atoms with Gasteiger partial charge >= 0.3 is 18.0 Å². The Morgan fingerprint density at radius 3 is 2.53 bits per heavy atom. The monoisotopic (exact) mass is 552 g/mol. The van der Waals surface area contributed by atoms with Gasteiger partial charge in [-0.05, 0) is 37.5 Å². The van der Waals surface area contributed by atoms with Crippen LogP contribution >= 0.6 is 11.6 Å². The Hall–Kier alpha value is -3.87. The zero-order valence-electron chi connectivity index (χ0n) is 20.8. The number of hydrogen-bond donors (Lipinski definition) is 0. The van der Waals surface area contributed by atoms with E-state index in [-0.39, 0.29) is 47.7 Å². The fraction of sp³-hybridized carbons (Fsp3) is 0.375. The number of benzene rings is 1. The molecular formula is C24H24ClF3N6O4. The molecule has 3 aromatic heterocycles. The second kappa shape index (κ2) is 10.5. The van der Waals surface area contributed by atoms with E-state index in [0.29, 0.717) is 12.0 Å². The van der Waals surface area contributed by atoms with Crippen molar-refractivity contribution < 1.29 is 22.7 Å². The highest BCUT2D eigenvalue weighted by Gasteiger charge is 2.32. The summed E-state index contributed by atoms with van der Waals surface area (Å²) in [6.07, 6.45) is -2.16. The molecule has 0 aliphatic carbocycles. The molecule has 0 radical (unpaired) electrons. The van der Waals surface area contributed by atoms with Crippen LogP contribution in [0.3, 0.4) is 0 Å². The summed E-state index contributed by atoms with van der Waals surface area (Å²) in [5.74, 6) is -0.0331. The molecule has 0 atom stereocenters. The van der Waals surface area contributed by atoms with Crippen LogP contribution in [0.2, 0.25) is 0 Å². The molecule has 0 unspecified atom stereocenters. The first kappa shape index (κ1) is 27.2. The Balaban J connectivity index is 1.87. The average Bonchev–Trinajstić information content (AvgIpc) is 3.48. The lowest BCUT2D eigenvalue weighted by Crippen LogP contribution is -2.40. The van der Waals surface area contributed by atoms with Crippen LogP contribution in [-0.2, 0) is 30.5 Å². The molecule has 3 heterocycles. The predicted molar refractivity (Wildman–Crippen MR) is 133 cm³/mol. The van der Waals surface area contributed by atoms with E-state index < -0.39 is 35.1 Å². The molecule has 0 aliphatic heterocycles. The van der Waals surface area contributed by atoms with E-state index in [2.05, 4.69) is 10.1 Å². The van der Waals surface area contributed by atoms with Crippen molar-refractivity contribution in [1.29, 1.82) is 0 Å². The highest BCUT2D eigenvalue weighted by molar-refractivity contribution is 6.17. The molecule has 0 bridgehead atoms. The van der Waals surface area contributed by atoms with Gasteiger partial charge < -0.3 is 4.74 Å². The molecule has 14 heteroatoms. The van der Waals surface area contributed by atoms with Gasteiger partial charge in [-0.2, -0.15) is 18.3 Å². The lowest BCUT2D eigenvalue weighted by Gasteiger charge is -2.12. The molecule has 38 heavy (non-hydrogen) atoms. The number of halogens is 4. The minimum Gasteiger partial charge on any atom is -0.433 e. The van der Waals surface area contributed by atoms with Gasteiger partial charge in [-0.1, -0.05) is 30.7 Å². The van der Waals surface area contributed by atoms with E-state index >= 15 is 0 Å². The van der Waals surface area contributed by atoms with Gasteiger partial charge in [0.05, 0.1) is 23.9 Å². The van der Waals surface area contributed by atoms with Crippen LogP contribution in [0.5, 0.6) is 0 Å². The summed E-state index contributed by atoms with van der Waals surface area (Å²) < 4.78 is 49.6. The van der Waals surface area contributed by atoms with Crippen molar-refractivity contribution >= 4 is 28.9 Å². The zero-order chi connectivity index (χ0) is 27.8. The molecule has 0 fully saturated rings. The molecule has 202 valence electrons. The highest BCUT2D eigenvalue weighted by atomic mass is 35.5. The number of rotatable bonds is 7. The van der Waals surface area contributed by atoms with Gasteiger partial charge in [0.1, 0.15) is 0 Å². The fourth-order valence-electron chi connectivity index (χ4n) is 4.25. The third-order valence-corrected chi connectivity index (χ3v) is 6.10. The molecule has 0 aliphatic rings. The quantitative estimate of drug-likeness (QED) is 0.318. The number of fused-ring (bicyclic) bond motifs is 1. The summed E-state index contributed by atoms with van der Waals surface area (Å²) >= 11 is 5.61. The van der Waals surface area contributed by atoms with Crippen LogP contribution < -0.4 is 11.2 Å². The standard InChI is InChI=1S/C24H24ClF3N6O4/c1-4-8-33-21(35)18-20(32(5-2)22(33)36)30-19(34(18)23(37)38-13-25)16-10-29-31(12-16)11-15-7-6-14(3)17(9-15)24(26,27)28/h6-7,9-10,12H,4-5,8,11,13H2,1-3H3. The van der Waals surface area contributed by atoms with Crippen LogP contribution in [0.25, 0.3) is 22.6 Å². The summed E-state index contributed by atoms with van der Waals surface area (Å²) in [6.45, 7) is 5.19. The number of nitrogens with zero attached hydrogens (tertiary/aromatic N) is 6. The van der Waals surface area contributed by atoms with E-state index in [1.807, 2.05) is 0 Å². The number of aromatic nitrogens is 6. The van der Waals surface area contributed by atoms with Gasteiger partial charge in [-0.3, -0.25) is 18.6 Å². The molecule has 0 spiro atoms. The van der Waals surface area contributed by atoms with Crippen LogP contribution in [0.15, 0.2) is 40.2 Å². The number of imidazole rings is 1. The van der Waals surface area contributed by atoms with Crippen molar-refractivity contribution in [3.8, 4) is 11.4 Å². The maximum atomic E-state index is 13.3. The maximum Gasteiger partial charge on any atom is 0.421 e. The fourth-order valence-corrected chi connectivity index (χ4v) is 4.35. The predicted octanol–water partition coefficient (Wildman–Crippen LogP) is 4.21. The van der Waals surface area contributed by atoms with E-state index in [1.165, 1.54) is 34.6 Å². The van der Waals surface area contributed by atoms with Crippen molar-refractivity contribution in [2.45, 2.75) is 53.0 Å². The normalized spacial score (nSPS) is 11.9. The van der Waals surface area contributed by atoms with Crippen LogP contribution in [0.4, 0.5) is 18.0 Å². The number of hydrogen-bond acceptors (Lipinski definition) is 6. The second-order valence-corrected chi connectivity index (χ2v) is 8.74. The first-order valence-corrected chi connectivity index (χ1v) is 12.2. The molecule has 0 amide bonds. The van der Waals surface area contributed by atoms with Crippen molar-refractivity contribution in [2.75, 3.05) is 6.07 Å². The minimum atomic E-state index is -4.50. The van der Waals surface area contributed by atoms with Crippen molar-refractivity contribution in [3.63, 3.8) is 0 Å². The summed E-state index contributed by atoms with van der Waals surface area (Å²) in [4.78, 5) is 43.6. The Kier molecular flexibility index (Phi) is 7.49. The molecule has 0 saturated heterocycles. The Bertz CT molecular complexity index is 1630. The van der Waals surface area contributed by atoms with E-state index in [0.717, 1.165) is 15.2 Å². The smallest absolute Gasteiger partial charge is 0.421 e. The van der Waals surface area contributed by atoms with Gasteiger partial charge in [0, 0.05) is 19.3 Å². The Morgan fingerprint density at radius 1 is 1.16 bits per heavy atom. The Labute approximate surface area is 218 Å². The lowest BCUT2D eigenvalue weighted by molar-refractivity contribution is -0.138. The van der Waals surface area contributed by atoms with Gasteiger partial charge in [0.15, 0.2) is 23.1 Å². The second-order valence-electron chi connectivity index (χ2n) is 8.52. The zero-order valence-corrected chi connectivity index (χ0v) is 21.5. The van der Waals surface area contributed by atoms with Crippen molar-refractivity contribution in [2.24, 2.45) is 0 Å². The first-order chi connectivity index (χ1) is 18.0. The third-order valence-electron chi connectivity index (χ3n) is 5.99. The molecule has 4 rings (SSSR count). The number of carbonyl (C=O) groups excluding carboxylic acids is 1. The molecule has 1 aromatic carbocycles. The number of alkyl halides is 4. The Morgan fingerprint density at radius 2 is 1.89 bits per heavy atom. The van der Waals surface area contributed by atoms with Crippen molar-refractivity contribution in [1.82, 2.24) is 28.5 Å². The van der Waals surface area contributed by atoms with Gasteiger partial charge in [-0.25, -0.2) is 19.1 Å². The van der Waals surface area contributed by atoms with E-state index in [4.69, 9.17) is 16.3 Å². The maximum absolute atomic E-state index is 13.3. The van der Waals surface area contributed by atoms with Crippen LogP contribution in [-0.4, -0.2) is 40.6 Å². The SMILES string of the molecule is CCCn1c(=O)c2c(nc(-c3cnn(Cc4ccc(C)c(C(F)(F)F)c4)c3)n2C(=O)OCCl)n(CC)c1=O. The molecular weight excluding hydrogens is 529 g/mol. The number of ether oxygens (including phenoxy) is 1. The summed E-state index contributed by atoms with van der Waals surface area (Å²) in [5.41, 5.74) is -1.47. The molecule has 10 nitrogen and oxygen atoms in total. The average molecular weight is 553 g/mol. The van der Waals surface area contributed by atoms with Gasteiger partial charge in [0.2, 0.25) is 0 Å². The third kappa shape index (κ3) is 4.85. The first-order valence-electron chi connectivity index (χ1n) is 11.7. The number of carbonyl (C=O) groups is 1. The molecule has 0 N–H and O–H groups in total. The summed E-state index contributed by atoms with van der Waals surface area (Å²) in [6, 6.07) is 3.51. The topological polar surface area (TPSA) is 106 Å². The van der Waals surface area contributed by atoms with E-state index in [1.54, 1.807) is 19.9 Å². The highest BCUT2D eigenvalue weighted by Crippen LogP contribution is 2.32. The summed E-state index contributed by atoms with van der Waals surface area (Å²) in [5, 5.41) is 4.20. The van der Waals surface area contributed by atoms with Gasteiger partial charge in [-0.15, -0.1) is 0 Å². The molecule has 4 aromatic rings. The largest absolute Gasteiger partial charge is 0.433 e. The van der Waals surface area contributed by atoms with E-state index in [9.17, 15) is 27.6 Å². The molecule has 0 saturated carbocycles. The van der Waals surface area contributed by atoms with Gasteiger partial charge in [0.25, 0.3) is 5.56 Å². The van der Waals surface area contributed by atoms with Crippen LogP contribution in [0, 0.1) is 6.92 Å². The summed E-state index contributed by atoms with van der Waals surface area (Å²) in [7, 11) is 0. The van der Waals surface area contributed by atoms with Crippen LogP contribution in [0.1, 0.15) is 37.0 Å². The van der Waals surface area contributed by atoms with Crippen molar-refractivity contribution in [3.05, 3.63) is 68.1 Å². The minimum absolute atomic E-state index is 0.00130. The number of aryl methyl sites for hydroxylation is 2.